The molecule has 0 aliphatic rings. The third kappa shape index (κ3) is 4.14. The average molecular weight is 292 g/mol. The molecule has 0 atom stereocenters. The molecule has 0 spiro atoms. The van der Waals surface area contributed by atoms with Gasteiger partial charge in [-0.15, -0.1) is 11.6 Å². The van der Waals surface area contributed by atoms with Gasteiger partial charge in [-0.3, -0.25) is 4.98 Å². The smallest absolute Gasteiger partial charge is 0.155 e. The molecule has 1 aromatic heterocycles. The Balaban J connectivity index is 2.65. The molecule has 0 saturated heterocycles. The van der Waals surface area contributed by atoms with E-state index in [0.717, 1.165) is 5.69 Å². The van der Waals surface area contributed by atoms with Crippen LogP contribution in [-0.4, -0.2) is 31.0 Å². The number of aryl methyl sites for hydroxylation is 1. The zero-order valence-electron chi connectivity index (χ0n) is 10.8. The lowest BCUT2D eigenvalue weighted by atomic mass is 10.3. The van der Waals surface area contributed by atoms with Gasteiger partial charge in [-0.05, 0) is 32.9 Å². The number of alkyl halides is 1. The number of nitrogens with zero attached hydrogens (tertiary/aromatic N) is 1. The topological polar surface area (TPSA) is 56.3 Å². The van der Waals surface area contributed by atoms with Gasteiger partial charge in [0.15, 0.2) is 9.84 Å². The predicted octanol–water partition coefficient (Wildman–Crippen LogP) is 2.33. The summed E-state index contributed by atoms with van der Waals surface area (Å²) in [5, 5.41) is -0.384. The largest absolute Gasteiger partial charge is 0.491 e. The second kappa shape index (κ2) is 6.38. The SMILES string of the molecule is Cc1ccc(OCCS(=O)(=O)C(C)C)c(CCl)n1. The van der Waals surface area contributed by atoms with E-state index in [1.807, 2.05) is 13.0 Å². The Hall–Kier alpha value is -0.810. The molecular formula is C12H18ClNO3S. The summed E-state index contributed by atoms with van der Waals surface area (Å²) >= 11 is 5.76. The number of ether oxygens (including phenoxy) is 1. The highest BCUT2D eigenvalue weighted by molar-refractivity contribution is 7.91. The quantitative estimate of drug-likeness (QED) is 0.755. The number of pyridine rings is 1. The first-order chi connectivity index (χ1) is 8.36. The maximum absolute atomic E-state index is 11.6. The lowest BCUT2D eigenvalue weighted by Crippen LogP contribution is -2.22. The van der Waals surface area contributed by atoms with Gasteiger partial charge in [-0.2, -0.15) is 0 Å². The van der Waals surface area contributed by atoms with Crippen molar-refractivity contribution in [3.05, 3.63) is 23.5 Å². The van der Waals surface area contributed by atoms with Gasteiger partial charge >= 0.3 is 0 Å². The molecule has 4 nitrogen and oxygen atoms in total. The van der Waals surface area contributed by atoms with E-state index < -0.39 is 9.84 Å². The third-order valence-electron chi connectivity index (χ3n) is 2.54. The Morgan fingerprint density at radius 3 is 2.61 bits per heavy atom. The average Bonchev–Trinajstić information content (AvgIpc) is 2.30. The van der Waals surface area contributed by atoms with E-state index in [4.69, 9.17) is 16.3 Å². The maximum Gasteiger partial charge on any atom is 0.155 e. The van der Waals surface area contributed by atoms with Crippen LogP contribution in [0, 0.1) is 6.92 Å². The first-order valence-electron chi connectivity index (χ1n) is 5.73. The van der Waals surface area contributed by atoms with Gasteiger partial charge in [0.05, 0.1) is 22.6 Å². The number of hydrogen-bond donors (Lipinski definition) is 0. The highest BCUT2D eigenvalue weighted by atomic mass is 35.5. The van der Waals surface area contributed by atoms with Crippen LogP contribution in [0.2, 0.25) is 0 Å². The second-order valence-corrected chi connectivity index (χ2v) is 7.24. The van der Waals surface area contributed by atoms with Gasteiger partial charge in [0.1, 0.15) is 12.4 Å². The van der Waals surface area contributed by atoms with Gasteiger partial charge in [0.2, 0.25) is 0 Å². The van der Waals surface area contributed by atoms with Crippen molar-refractivity contribution in [2.45, 2.75) is 31.9 Å². The number of halogens is 1. The summed E-state index contributed by atoms with van der Waals surface area (Å²) in [5.74, 6) is 0.795. The fraction of sp³-hybridized carbons (Fsp3) is 0.583. The van der Waals surface area contributed by atoms with Gasteiger partial charge in [-0.1, -0.05) is 0 Å². The van der Waals surface area contributed by atoms with E-state index in [9.17, 15) is 8.42 Å². The summed E-state index contributed by atoms with van der Waals surface area (Å²) in [5.41, 5.74) is 1.49. The molecule has 0 N–H and O–H groups in total. The van der Waals surface area contributed by atoms with E-state index in [1.165, 1.54) is 0 Å². The van der Waals surface area contributed by atoms with Crippen LogP contribution >= 0.6 is 11.6 Å². The highest BCUT2D eigenvalue weighted by Gasteiger charge is 2.16. The van der Waals surface area contributed by atoms with Crippen LogP contribution in [0.1, 0.15) is 25.2 Å². The first-order valence-corrected chi connectivity index (χ1v) is 7.98. The molecule has 0 amide bonds. The summed E-state index contributed by atoms with van der Waals surface area (Å²) in [6.45, 7) is 5.30. The van der Waals surface area contributed by atoms with Crippen LogP contribution in [0.3, 0.4) is 0 Å². The third-order valence-corrected chi connectivity index (χ3v) is 4.97. The molecule has 0 bridgehead atoms. The molecule has 1 rings (SSSR count). The maximum atomic E-state index is 11.6. The first kappa shape index (κ1) is 15.2. The van der Waals surface area contributed by atoms with Crippen molar-refractivity contribution in [1.82, 2.24) is 4.98 Å². The standard InChI is InChI=1S/C12H18ClNO3S/c1-9(2)18(15,16)7-6-17-12-5-4-10(3)14-11(12)8-13/h4-5,9H,6-8H2,1-3H3. The fourth-order valence-corrected chi connectivity index (χ4v) is 2.31. The van der Waals surface area contributed by atoms with Crippen molar-refractivity contribution >= 4 is 21.4 Å². The van der Waals surface area contributed by atoms with Crippen molar-refractivity contribution in [3.63, 3.8) is 0 Å². The normalized spacial score (nSPS) is 11.8. The van der Waals surface area contributed by atoms with Gasteiger partial charge in [0.25, 0.3) is 0 Å². The lowest BCUT2D eigenvalue weighted by Gasteiger charge is -2.11. The molecule has 1 aromatic rings. The zero-order chi connectivity index (χ0) is 13.8. The minimum atomic E-state index is -3.07. The van der Waals surface area contributed by atoms with Crippen LogP contribution in [0.4, 0.5) is 0 Å². The molecule has 102 valence electrons. The van der Waals surface area contributed by atoms with Crippen LogP contribution in [0.25, 0.3) is 0 Å². The van der Waals surface area contributed by atoms with Crippen molar-refractivity contribution < 1.29 is 13.2 Å². The van der Waals surface area contributed by atoms with Crippen LogP contribution in [-0.2, 0) is 15.7 Å². The Morgan fingerprint density at radius 1 is 1.39 bits per heavy atom. The van der Waals surface area contributed by atoms with Gasteiger partial charge in [-0.25, -0.2) is 8.42 Å². The van der Waals surface area contributed by atoms with E-state index in [-0.39, 0.29) is 23.5 Å². The summed E-state index contributed by atoms with van der Waals surface area (Å²) in [4.78, 5) is 4.24. The minimum Gasteiger partial charge on any atom is -0.491 e. The molecule has 0 saturated carbocycles. The number of sulfone groups is 1. The summed E-state index contributed by atoms with van der Waals surface area (Å²) < 4.78 is 28.7. The second-order valence-electron chi connectivity index (χ2n) is 4.30. The monoisotopic (exact) mass is 291 g/mol. The molecule has 0 aliphatic heterocycles. The van der Waals surface area contributed by atoms with E-state index >= 15 is 0 Å². The molecule has 18 heavy (non-hydrogen) atoms. The van der Waals surface area contributed by atoms with E-state index in [2.05, 4.69) is 4.98 Å². The summed E-state index contributed by atoms with van der Waals surface area (Å²) in [7, 11) is -3.07. The number of hydrogen-bond acceptors (Lipinski definition) is 4. The summed E-state index contributed by atoms with van der Waals surface area (Å²) in [6.07, 6.45) is 0. The molecule has 0 radical (unpaired) electrons. The lowest BCUT2D eigenvalue weighted by molar-refractivity contribution is 0.336. The van der Waals surface area contributed by atoms with E-state index in [0.29, 0.717) is 11.4 Å². The molecule has 0 aliphatic carbocycles. The number of rotatable bonds is 6. The molecule has 0 aromatic carbocycles. The van der Waals surface area contributed by atoms with Gasteiger partial charge < -0.3 is 4.74 Å². The van der Waals surface area contributed by atoms with Crippen molar-refractivity contribution in [3.8, 4) is 5.75 Å². The molecule has 0 unspecified atom stereocenters. The van der Waals surface area contributed by atoms with E-state index in [1.54, 1.807) is 19.9 Å². The van der Waals surface area contributed by atoms with Crippen molar-refractivity contribution in [1.29, 1.82) is 0 Å². The molecule has 6 heteroatoms. The summed E-state index contributed by atoms with van der Waals surface area (Å²) in [6, 6.07) is 3.57. The molecule has 1 heterocycles. The molecular weight excluding hydrogens is 274 g/mol. The zero-order valence-corrected chi connectivity index (χ0v) is 12.4. The minimum absolute atomic E-state index is 0.000267. The Kier molecular flexibility index (Phi) is 5.41. The van der Waals surface area contributed by atoms with Crippen LogP contribution < -0.4 is 4.74 Å². The Labute approximate surface area is 113 Å². The Morgan fingerprint density at radius 2 is 2.06 bits per heavy atom. The van der Waals surface area contributed by atoms with Crippen molar-refractivity contribution in [2.24, 2.45) is 0 Å². The van der Waals surface area contributed by atoms with Crippen LogP contribution in [0.5, 0.6) is 5.75 Å². The fourth-order valence-electron chi connectivity index (χ4n) is 1.33. The predicted molar refractivity (Wildman–Crippen MR) is 72.9 cm³/mol. The number of aromatic nitrogens is 1. The van der Waals surface area contributed by atoms with Crippen LogP contribution in [0.15, 0.2) is 12.1 Å². The Bertz CT molecular complexity index is 500. The van der Waals surface area contributed by atoms with Gasteiger partial charge in [0, 0.05) is 5.69 Å². The van der Waals surface area contributed by atoms with Crippen molar-refractivity contribution in [2.75, 3.05) is 12.4 Å². The highest BCUT2D eigenvalue weighted by Crippen LogP contribution is 2.18. The molecule has 0 fully saturated rings.